The van der Waals surface area contributed by atoms with Crippen molar-refractivity contribution in [3.63, 3.8) is 0 Å². The molecule has 0 aliphatic carbocycles. The zero-order valence-electron chi connectivity index (χ0n) is 11.9. The first-order chi connectivity index (χ1) is 10.4. The monoisotopic (exact) mass is 278 g/mol. The Labute approximate surface area is 123 Å². The molecule has 0 unspecified atom stereocenters. The summed E-state index contributed by atoms with van der Waals surface area (Å²) in [6.07, 6.45) is 5.94. The number of hydrogen-bond donors (Lipinski definition) is 1. The van der Waals surface area contributed by atoms with Gasteiger partial charge in [0, 0.05) is 19.3 Å². The Morgan fingerprint density at radius 3 is 2.62 bits per heavy atom. The van der Waals surface area contributed by atoms with Gasteiger partial charge in [-0.05, 0) is 30.4 Å². The summed E-state index contributed by atoms with van der Waals surface area (Å²) in [6, 6.07) is 12.9. The number of hydrogen-bond acceptors (Lipinski definition) is 3. The third-order valence-electron chi connectivity index (χ3n) is 4.40. The van der Waals surface area contributed by atoms with Crippen LogP contribution in [0.5, 0.6) is 0 Å². The van der Waals surface area contributed by atoms with Crippen LogP contribution in [0.1, 0.15) is 24.3 Å². The van der Waals surface area contributed by atoms with E-state index in [2.05, 4.69) is 56.3 Å². The van der Waals surface area contributed by atoms with E-state index in [4.69, 9.17) is 0 Å². The minimum Gasteiger partial charge on any atom is -0.356 e. The zero-order valence-corrected chi connectivity index (χ0v) is 11.9. The van der Waals surface area contributed by atoms with Crippen molar-refractivity contribution in [2.75, 3.05) is 18.0 Å². The molecule has 1 aliphatic heterocycles. The van der Waals surface area contributed by atoms with Crippen molar-refractivity contribution in [3.8, 4) is 0 Å². The SMILES string of the molecule is c1ccc(C2CCN(c3ncnc4[nH]ccc34)CC2)cc1. The number of rotatable bonds is 2. The van der Waals surface area contributed by atoms with E-state index in [-0.39, 0.29) is 0 Å². The van der Waals surface area contributed by atoms with Crippen LogP contribution in [0.3, 0.4) is 0 Å². The minimum atomic E-state index is 0.672. The summed E-state index contributed by atoms with van der Waals surface area (Å²) in [5.74, 6) is 1.73. The van der Waals surface area contributed by atoms with Gasteiger partial charge in [0.2, 0.25) is 0 Å². The molecule has 4 heteroatoms. The summed E-state index contributed by atoms with van der Waals surface area (Å²) in [7, 11) is 0. The van der Waals surface area contributed by atoms with Crippen LogP contribution >= 0.6 is 0 Å². The summed E-state index contributed by atoms with van der Waals surface area (Å²) in [6.45, 7) is 2.10. The molecule has 1 fully saturated rings. The van der Waals surface area contributed by atoms with Gasteiger partial charge in [0.15, 0.2) is 0 Å². The van der Waals surface area contributed by atoms with Crippen LogP contribution in [-0.4, -0.2) is 28.0 Å². The van der Waals surface area contributed by atoms with Gasteiger partial charge in [-0.15, -0.1) is 0 Å². The molecule has 0 bridgehead atoms. The van der Waals surface area contributed by atoms with E-state index in [1.165, 1.54) is 18.4 Å². The Morgan fingerprint density at radius 2 is 1.81 bits per heavy atom. The van der Waals surface area contributed by atoms with Crippen molar-refractivity contribution in [3.05, 3.63) is 54.5 Å². The molecule has 21 heavy (non-hydrogen) atoms. The molecule has 0 spiro atoms. The molecule has 0 radical (unpaired) electrons. The van der Waals surface area contributed by atoms with Gasteiger partial charge in [-0.1, -0.05) is 30.3 Å². The van der Waals surface area contributed by atoms with Gasteiger partial charge >= 0.3 is 0 Å². The lowest BCUT2D eigenvalue weighted by atomic mass is 9.89. The van der Waals surface area contributed by atoms with Gasteiger partial charge in [0.05, 0.1) is 5.39 Å². The van der Waals surface area contributed by atoms with Crippen LogP contribution in [0.2, 0.25) is 0 Å². The van der Waals surface area contributed by atoms with Crippen LogP contribution < -0.4 is 4.90 Å². The lowest BCUT2D eigenvalue weighted by molar-refractivity contribution is 0.503. The number of anilines is 1. The number of aromatic amines is 1. The largest absolute Gasteiger partial charge is 0.356 e. The van der Waals surface area contributed by atoms with E-state index < -0.39 is 0 Å². The van der Waals surface area contributed by atoms with Gasteiger partial charge in [-0.3, -0.25) is 0 Å². The highest BCUT2D eigenvalue weighted by molar-refractivity contribution is 5.87. The van der Waals surface area contributed by atoms with Crippen molar-refractivity contribution >= 4 is 16.9 Å². The summed E-state index contributed by atoms with van der Waals surface area (Å²) in [5, 5.41) is 1.12. The predicted molar refractivity (Wildman–Crippen MR) is 84.5 cm³/mol. The van der Waals surface area contributed by atoms with Crippen LogP contribution in [0.25, 0.3) is 11.0 Å². The molecule has 106 valence electrons. The van der Waals surface area contributed by atoms with Crippen molar-refractivity contribution in [1.82, 2.24) is 15.0 Å². The summed E-state index contributed by atoms with van der Waals surface area (Å²) < 4.78 is 0. The molecule has 3 heterocycles. The number of fused-ring (bicyclic) bond motifs is 1. The molecule has 1 aromatic carbocycles. The summed E-state index contributed by atoms with van der Waals surface area (Å²) in [5.41, 5.74) is 2.39. The zero-order chi connectivity index (χ0) is 14.1. The Morgan fingerprint density at radius 1 is 1.00 bits per heavy atom. The molecule has 0 atom stereocenters. The second-order valence-corrected chi connectivity index (χ2v) is 5.61. The first-order valence-corrected chi connectivity index (χ1v) is 7.50. The number of piperidine rings is 1. The fourth-order valence-corrected chi connectivity index (χ4v) is 3.26. The molecular formula is C17H18N4. The maximum absolute atomic E-state index is 4.50. The average molecular weight is 278 g/mol. The number of benzene rings is 1. The number of aromatic nitrogens is 3. The molecule has 2 aromatic heterocycles. The third-order valence-corrected chi connectivity index (χ3v) is 4.40. The third kappa shape index (κ3) is 2.27. The van der Waals surface area contributed by atoms with Crippen LogP contribution in [0, 0.1) is 0 Å². The van der Waals surface area contributed by atoms with Gasteiger partial charge in [0.25, 0.3) is 0 Å². The molecular weight excluding hydrogens is 260 g/mol. The molecule has 1 saturated heterocycles. The van der Waals surface area contributed by atoms with Crippen LogP contribution in [-0.2, 0) is 0 Å². The van der Waals surface area contributed by atoms with Gasteiger partial charge in [-0.25, -0.2) is 9.97 Å². The molecule has 1 aliphatic rings. The Bertz CT molecular complexity index is 727. The Kier molecular flexibility index (Phi) is 3.07. The van der Waals surface area contributed by atoms with Crippen LogP contribution in [0.4, 0.5) is 5.82 Å². The second kappa shape index (κ2) is 5.20. The van der Waals surface area contributed by atoms with E-state index >= 15 is 0 Å². The molecule has 0 amide bonds. The molecule has 4 nitrogen and oxygen atoms in total. The maximum atomic E-state index is 4.50. The lowest BCUT2D eigenvalue weighted by Gasteiger charge is -2.33. The fourth-order valence-electron chi connectivity index (χ4n) is 3.26. The highest BCUT2D eigenvalue weighted by atomic mass is 15.2. The van der Waals surface area contributed by atoms with Crippen molar-refractivity contribution in [2.45, 2.75) is 18.8 Å². The second-order valence-electron chi connectivity index (χ2n) is 5.61. The van der Waals surface area contributed by atoms with Gasteiger partial charge in [-0.2, -0.15) is 0 Å². The number of nitrogens with zero attached hydrogens (tertiary/aromatic N) is 3. The van der Waals surface area contributed by atoms with E-state index in [1.54, 1.807) is 6.33 Å². The molecule has 0 saturated carbocycles. The fraction of sp³-hybridized carbons (Fsp3) is 0.294. The van der Waals surface area contributed by atoms with Gasteiger partial charge in [0.1, 0.15) is 17.8 Å². The first-order valence-electron chi connectivity index (χ1n) is 7.50. The smallest absolute Gasteiger partial charge is 0.142 e. The predicted octanol–water partition coefficient (Wildman–Crippen LogP) is 3.34. The topological polar surface area (TPSA) is 44.8 Å². The summed E-state index contributed by atoms with van der Waals surface area (Å²) in [4.78, 5) is 14.3. The van der Waals surface area contributed by atoms with Crippen molar-refractivity contribution < 1.29 is 0 Å². The van der Waals surface area contributed by atoms with Gasteiger partial charge < -0.3 is 9.88 Å². The van der Waals surface area contributed by atoms with E-state index in [0.29, 0.717) is 5.92 Å². The first kappa shape index (κ1) is 12.4. The maximum Gasteiger partial charge on any atom is 0.142 e. The Balaban J connectivity index is 1.54. The van der Waals surface area contributed by atoms with Crippen molar-refractivity contribution in [2.24, 2.45) is 0 Å². The number of H-pyrrole nitrogens is 1. The van der Waals surface area contributed by atoms with Crippen LogP contribution in [0.15, 0.2) is 48.9 Å². The minimum absolute atomic E-state index is 0.672. The molecule has 1 N–H and O–H groups in total. The average Bonchev–Trinajstić information content (AvgIpc) is 3.04. The summed E-state index contributed by atoms with van der Waals surface area (Å²) >= 11 is 0. The van der Waals surface area contributed by atoms with E-state index in [9.17, 15) is 0 Å². The Hall–Kier alpha value is -2.36. The molecule has 3 aromatic rings. The normalized spacial score (nSPS) is 16.5. The lowest BCUT2D eigenvalue weighted by Crippen LogP contribution is -2.33. The quantitative estimate of drug-likeness (QED) is 0.782. The van der Waals surface area contributed by atoms with E-state index in [1.807, 2.05) is 6.20 Å². The van der Waals surface area contributed by atoms with Crippen molar-refractivity contribution in [1.29, 1.82) is 0 Å². The molecule has 4 rings (SSSR count). The number of nitrogens with one attached hydrogen (secondary N) is 1. The highest BCUT2D eigenvalue weighted by Gasteiger charge is 2.22. The standard InChI is InChI=1S/C17H18N4/c1-2-4-13(5-3-1)14-7-10-21(11-8-14)17-15-6-9-18-16(15)19-12-20-17/h1-6,9,12,14H,7-8,10-11H2,(H,18,19,20). The van der Waals surface area contributed by atoms with E-state index in [0.717, 1.165) is 29.9 Å². The highest BCUT2D eigenvalue weighted by Crippen LogP contribution is 2.31.